The van der Waals surface area contributed by atoms with Gasteiger partial charge in [-0.25, -0.2) is 4.98 Å². The van der Waals surface area contributed by atoms with E-state index in [1.807, 2.05) is 24.8 Å². The molecular formula is C31H41N5O5. The highest BCUT2D eigenvalue weighted by atomic mass is 16.5. The maximum atomic E-state index is 13.8. The van der Waals surface area contributed by atoms with Crippen LogP contribution >= 0.6 is 0 Å². The number of H-pyrrole nitrogens is 1. The number of aromatic amines is 1. The number of aliphatic hydroxyl groups excluding tert-OH is 1. The second-order valence-corrected chi connectivity index (χ2v) is 11.7. The molecule has 1 aromatic carbocycles. The molecule has 2 aromatic heterocycles. The number of nitrogens with zero attached hydrogens (tertiary/aromatic N) is 4. The van der Waals surface area contributed by atoms with Crippen molar-refractivity contribution in [3.63, 3.8) is 0 Å². The molecule has 1 aliphatic carbocycles. The maximum absolute atomic E-state index is 13.8. The first kappa shape index (κ1) is 28.9. The second-order valence-electron chi connectivity index (χ2n) is 11.7. The van der Waals surface area contributed by atoms with E-state index in [1.54, 1.807) is 17.2 Å². The summed E-state index contributed by atoms with van der Waals surface area (Å²) in [6.07, 6.45) is 6.51. The quantitative estimate of drug-likeness (QED) is 0.296. The molecule has 5 rings (SSSR count). The van der Waals surface area contributed by atoms with Crippen molar-refractivity contribution in [1.29, 1.82) is 0 Å². The van der Waals surface area contributed by atoms with Gasteiger partial charge in [0.2, 0.25) is 5.91 Å². The Morgan fingerprint density at radius 1 is 1.22 bits per heavy atom. The van der Waals surface area contributed by atoms with Gasteiger partial charge in [0, 0.05) is 38.3 Å². The highest BCUT2D eigenvalue weighted by Crippen LogP contribution is 2.37. The topological polar surface area (TPSA) is 125 Å². The van der Waals surface area contributed by atoms with Crippen LogP contribution in [0.3, 0.4) is 0 Å². The molecule has 0 spiro atoms. The Kier molecular flexibility index (Phi) is 9.07. The van der Waals surface area contributed by atoms with E-state index in [4.69, 9.17) is 9.26 Å². The number of aromatic nitrogens is 3. The van der Waals surface area contributed by atoms with Crippen molar-refractivity contribution in [2.45, 2.75) is 70.4 Å². The number of imidazole rings is 1. The number of hydrogen-bond donors (Lipinski definition) is 2. The summed E-state index contributed by atoms with van der Waals surface area (Å²) in [4.78, 5) is 38.8. The van der Waals surface area contributed by atoms with Crippen molar-refractivity contribution in [3.05, 3.63) is 65.4 Å². The molecule has 3 aromatic rings. The number of carbonyl (C=O) groups is 2. The SMILES string of the molecule is COc1cc(C(C(=O)N2C[C@H](O)C[C@H]2c2nc(C(=O)N(CCCCc3ccccc3)CC3CC3)c[nH]2)C(C)C)on1. The van der Waals surface area contributed by atoms with Crippen LogP contribution in [0.4, 0.5) is 0 Å². The van der Waals surface area contributed by atoms with Gasteiger partial charge in [0.25, 0.3) is 11.8 Å². The first-order chi connectivity index (χ1) is 19.8. The number of β-amino-alcohol motifs (C(OH)–C–C–N with tert-alkyl or cyclic N) is 1. The second kappa shape index (κ2) is 12.9. The number of unbranched alkanes of at least 4 members (excludes halogenated alkanes) is 1. The number of methoxy groups -OCH3 is 1. The van der Waals surface area contributed by atoms with Crippen LogP contribution in [0.1, 0.15) is 85.5 Å². The third-order valence-corrected chi connectivity index (χ3v) is 8.10. The zero-order chi connectivity index (χ0) is 28.9. The van der Waals surface area contributed by atoms with Crippen LogP contribution < -0.4 is 4.74 Å². The maximum Gasteiger partial charge on any atom is 0.274 e. The minimum Gasteiger partial charge on any atom is -0.479 e. The van der Waals surface area contributed by atoms with Crippen LogP contribution in [-0.4, -0.2) is 74.7 Å². The number of likely N-dealkylation sites (tertiary alicyclic amines) is 1. The standard InChI is InChI=1S/C31H41N5O5/c1-20(2)28(26-16-27(40-3)34-41-26)31(39)36-19-23(37)15-25(36)29-32-17-24(33-29)30(38)35(18-22-12-13-22)14-8-7-11-21-9-5-4-6-10-21/h4-6,9-10,16-17,20,22-23,25,28,37H,7-8,11-15,18-19H2,1-3H3,(H,32,33)/t23-,25+,28?/m1/s1. The Hall–Kier alpha value is -3.66. The fourth-order valence-electron chi connectivity index (χ4n) is 5.69. The number of ether oxygens (including phenoxy) is 1. The van der Waals surface area contributed by atoms with Gasteiger partial charge in [-0.05, 0) is 54.7 Å². The molecule has 220 valence electrons. The van der Waals surface area contributed by atoms with Gasteiger partial charge in [0.05, 0.1) is 19.3 Å². The Morgan fingerprint density at radius 3 is 2.68 bits per heavy atom. The largest absolute Gasteiger partial charge is 0.479 e. The monoisotopic (exact) mass is 563 g/mol. The molecule has 0 bridgehead atoms. The summed E-state index contributed by atoms with van der Waals surface area (Å²) in [6.45, 7) is 5.49. The summed E-state index contributed by atoms with van der Waals surface area (Å²) >= 11 is 0. The lowest BCUT2D eigenvalue weighted by atomic mass is 9.91. The van der Waals surface area contributed by atoms with Gasteiger partial charge in [-0.15, -0.1) is 0 Å². The molecule has 1 aliphatic heterocycles. The molecule has 1 unspecified atom stereocenters. The lowest BCUT2D eigenvalue weighted by Gasteiger charge is -2.28. The van der Waals surface area contributed by atoms with Crippen LogP contribution in [0, 0.1) is 11.8 Å². The fraction of sp³-hybridized carbons (Fsp3) is 0.548. The van der Waals surface area contributed by atoms with Gasteiger partial charge in [0.1, 0.15) is 17.4 Å². The smallest absolute Gasteiger partial charge is 0.274 e. The zero-order valence-corrected chi connectivity index (χ0v) is 24.2. The van der Waals surface area contributed by atoms with Crippen molar-refractivity contribution in [2.24, 2.45) is 11.8 Å². The molecular weight excluding hydrogens is 522 g/mol. The molecule has 1 saturated heterocycles. The predicted molar refractivity (Wildman–Crippen MR) is 152 cm³/mol. The number of amides is 2. The van der Waals surface area contributed by atoms with Crippen LogP contribution in [0.2, 0.25) is 0 Å². The Labute approximate surface area is 241 Å². The van der Waals surface area contributed by atoms with Crippen molar-refractivity contribution < 1.29 is 24.0 Å². The molecule has 3 atom stereocenters. The van der Waals surface area contributed by atoms with E-state index in [9.17, 15) is 14.7 Å². The molecule has 10 nitrogen and oxygen atoms in total. The molecule has 2 fully saturated rings. The summed E-state index contributed by atoms with van der Waals surface area (Å²) in [5.74, 6) is 0.841. The van der Waals surface area contributed by atoms with Gasteiger partial charge in [-0.2, -0.15) is 0 Å². The predicted octanol–water partition coefficient (Wildman–Crippen LogP) is 4.36. The molecule has 10 heteroatoms. The van der Waals surface area contributed by atoms with Crippen molar-refractivity contribution >= 4 is 11.8 Å². The van der Waals surface area contributed by atoms with Gasteiger partial charge in [0.15, 0.2) is 5.76 Å². The van der Waals surface area contributed by atoms with Crippen LogP contribution in [0.25, 0.3) is 0 Å². The first-order valence-electron chi connectivity index (χ1n) is 14.7. The third kappa shape index (κ3) is 6.98. The molecule has 0 radical (unpaired) electrons. The lowest BCUT2D eigenvalue weighted by molar-refractivity contribution is -0.135. The van der Waals surface area contributed by atoms with Crippen LogP contribution in [0.15, 0.2) is 47.1 Å². The summed E-state index contributed by atoms with van der Waals surface area (Å²) in [5.41, 5.74) is 1.65. The number of benzene rings is 1. The number of nitrogens with one attached hydrogen (secondary N) is 1. The third-order valence-electron chi connectivity index (χ3n) is 8.10. The van der Waals surface area contributed by atoms with Crippen molar-refractivity contribution in [2.75, 3.05) is 26.7 Å². The number of aryl methyl sites for hydroxylation is 1. The molecule has 2 amide bonds. The van der Waals surface area contributed by atoms with Crippen molar-refractivity contribution in [1.82, 2.24) is 24.9 Å². The van der Waals surface area contributed by atoms with Crippen molar-refractivity contribution in [3.8, 4) is 5.88 Å². The fourth-order valence-corrected chi connectivity index (χ4v) is 5.69. The normalized spacial score (nSPS) is 19.5. The van der Waals surface area contributed by atoms with E-state index in [0.717, 1.165) is 38.6 Å². The highest BCUT2D eigenvalue weighted by molar-refractivity contribution is 5.92. The minimum absolute atomic E-state index is 0.0786. The van der Waals surface area contributed by atoms with E-state index in [2.05, 4.69) is 39.4 Å². The Morgan fingerprint density at radius 2 is 2.00 bits per heavy atom. The molecule has 3 heterocycles. The summed E-state index contributed by atoms with van der Waals surface area (Å²) < 4.78 is 10.6. The number of carbonyl (C=O) groups excluding carboxylic acids is 2. The molecule has 2 aliphatic rings. The lowest BCUT2D eigenvalue weighted by Crippen LogP contribution is -2.37. The number of rotatable bonds is 13. The molecule has 41 heavy (non-hydrogen) atoms. The van der Waals surface area contributed by atoms with E-state index in [-0.39, 0.29) is 24.3 Å². The first-order valence-corrected chi connectivity index (χ1v) is 14.7. The van der Waals surface area contributed by atoms with E-state index < -0.39 is 18.1 Å². The highest BCUT2D eigenvalue weighted by Gasteiger charge is 2.42. The summed E-state index contributed by atoms with van der Waals surface area (Å²) in [6, 6.07) is 11.6. The van der Waals surface area contributed by atoms with Gasteiger partial charge in [-0.1, -0.05) is 44.2 Å². The van der Waals surface area contributed by atoms with E-state index in [0.29, 0.717) is 42.0 Å². The van der Waals surface area contributed by atoms with Gasteiger partial charge < -0.3 is 29.2 Å². The number of hydrogen-bond acceptors (Lipinski definition) is 7. The van der Waals surface area contributed by atoms with Crippen LogP contribution in [0.5, 0.6) is 5.88 Å². The van der Waals surface area contributed by atoms with E-state index >= 15 is 0 Å². The zero-order valence-electron chi connectivity index (χ0n) is 24.2. The Bertz CT molecular complexity index is 1300. The molecule has 1 saturated carbocycles. The van der Waals surface area contributed by atoms with Crippen LogP contribution in [-0.2, 0) is 11.2 Å². The summed E-state index contributed by atoms with van der Waals surface area (Å²) in [5, 5.41) is 14.4. The average molecular weight is 564 g/mol. The van der Waals surface area contributed by atoms with E-state index in [1.165, 1.54) is 12.7 Å². The number of aliphatic hydroxyl groups is 1. The van der Waals surface area contributed by atoms with Gasteiger partial charge >= 0.3 is 0 Å². The average Bonchev–Trinajstić information content (AvgIpc) is 3.31. The molecule has 2 N–H and O–H groups in total. The van der Waals surface area contributed by atoms with Gasteiger partial charge in [-0.3, -0.25) is 9.59 Å². The summed E-state index contributed by atoms with van der Waals surface area (Å²) in [7, 11) is 1.49. The minimum atomic E-state index is -0.693. The Balaban J connectivity index is 1.27.